The first-order valence-corrected chi connectivity index (χ1v) is 11.3. The number of aryl methyl sites for hydroxylation is 1. The summed E-state index contributed by atoms with van der Waals surface area (Å²) in [5.41, 5.74) is 1.70. The predicted octanol–water partition coefficient (Wildman–Crippen LogP) is 5.02. The Morgan fingerprint density at radius 3 is 2.59 bits per heavy atom. The second-order valence-electron chi connectivity index (χ2n) is 8.25. The normalized spacial score (nSPS) is 12.6. The van der Waals surface area contributed by atoms with Gasteiger partial charge in [-0.2, -0.15) is 4.98 Å². The zero-order valence-electron chi connectivity index (χ0n) is 20.2. The van der Waals surface area contributed by atoms with E-state index in [1.807, 2.05) is 40.7 Å². The van der Waals surface area contributed by atoms with Crippen LogP contribution in [0.4, 0.5) is 4.39 Å². The fraction of sp³-hybridized carbons (Fsp3) is 0.400. The molecule has 9 heteroatoms. The van der Waals surface area contributed by atoms with E-state index in [-0.39, 0.29) is 29.6 Å². The molecule has 2 aromatic heterocycles. The summed E-state index contributed by atoms with van der Waals surface area (Å²) in [5, 5.41) is 18.7. The Balaban J connectivity index is 2.08. The molecule has 0 saturated heterocycles. The molecule has 34 heavy (non-hydrogen) atoms. The lowest BCUT2D eigenvalue weighted by molar-refractivity contribution is 0.431. The number of halogens is 1. The molecule has 3 aromatic rings. The van der Waals surface area contributed by atoms with E-state index in [1.54, 1.807) is 12.1 Å². The van der Waals surface area contributed by atoms with Gasteiger partial charge in [-0.25, -0.2) is 4.39 Å². The second kappa shape index (κ2) is 11.0. The Labute approximate surface area is 197 Å². The average molecular weight is 468 g/mol. The maximum Gasteiger partial charge on any atom is 0.270 e. The van der Waals surface area contributed by atoms with Crippen molar-refractivity contribution in [3.63, 3.8) is 0 Å². The standard InChI is InChI=1S/C25H30FN5O3/c1-6-8-9-20-28-23(32)22(24-30-29-21(34-24)14-19(7-2)27-15(3)4)25(33)31(20)16(5)17-10-12-18(26)13-11-17/h7,10-13,16,32H,6,8-9,14H2,1-5H3/b19-7-/t16-/m0/s1. The molecule has 0 aliphatic heterocycles. The number of benzene rings is 1. The molecule has 0 bridgehead atoms. The van der Waals surface area contributed by atoms with Gasteiger partial charge in [0.1, 0.15) is 11.6 Å². The molecule has 0 aliphatic carbocycles. The Morgan fingerprint density at radius 2 is 1.97 bits per heavy atom. The Morgan fingerprint density at radius 1 is 1.26 bits per heavy atom. The molecule has 0 spiro atoms. The summed E-state index contributed by atoms with van der Waals surface area (Å²) >= 11 is 0. The van der Waals surface area contributed by atoms with Crippen LogP contribution < -0.4 is 5.56 Å². The van der Waals surface area contributed by atoms with Gasteiger partial charge in [0.2, 0.25) is 11.8 Å². The summed E-state index contributed by atoms with van der Waals surface area (Å²) in [4.78, 5) is 22.4. The van der Waals surface area contributed by atoms with Gasteiger partial charge >= 0.3 is 0 Å². The minimum Gasteiger partial charge on any atom is -0.493 e. The first-order chi connectivity index (χ1) is 16.2. The van der Waals surface area contributed by atoms with Gasteiger partial charge in [0.25, 0.3) is 11.4 Å². The predicted molar refractivity (Wildman–Crippen MR) is 129 cm³/mol. The summed E-state index contributed by atoms with van der Waals surface area (Å²) in [5.74, 6) is -0.225. The number of aliphatic imine (C=N–C) groups is 1. The molecule has 8 nitrogen and oxygen atoms in total. The summed E-state index contributed by atoms with van der Waals surface area (Å²) in [7, 11) is 0. The van der Waals surface area contributed by atoms with Gasteiger partial charge in [0.05, 0.1) is 12.5 Å². The highest BCUT2D eigenvalue weighted by molar-refractivity contribution is 5.80. The number of hydrogen-bond acceptors (Lipinski definition) is 7. The highest BCUT2D eigenvalue weighted by Gasteiger charge is 2.25. The van der Waals surface area contributed by atoms with E-state index in [0.717, 1.165) is 29.8 Å². The van der Waals surface area contributed by atoms with Gasteiger partial charge < -0.3 is 9.52 Å². The molecule has 0 aliphatic rings. The monoisotopic (exact) mass is 467 g/mol. The number of aromatic hydroxyl groups is 1. The molecule has 0 fully saturated rings. The number of hydrogen-bond donors (Lipinski definition) is 1. The van der Waals surface area contributed by atoms with Crippen LogP contribution in [0, 0.1) is 5.82 Å². The van der Waals surface area contributed by atoms with Crippen LogP contribution in [0.5, 0.6) is 5.88 Å². The number of unbranched alkanes of at least 4 members (excludes halogenated alkanes) is 1. The minimum absolute atomic E-state index is 0.111. The van der Waals surface area contributed by atoms with Crippen LogP contribution in [0.3, 0.4) is 0 Å². The van der Waals surface area contributed by atoms with Crippen LogP contribution in [0.15, 0.2) is 50.2 Å². The van der Waals surface area contributed by atoms with Crippen molar-refractivity contribution in [2.24, 2.45) is 4.99 Å². The summed E-state index contributed by atoms with van der Waals surface area (Å²) < 4.78 is 20.7. The average Bonchev–Trinajstić information content (AvgIpc) is 3.24. The van der Waals surface area contributed by atoms with Crippen molar-refractivity contribution < 1.29 is 13.9 Å². The molecule has 0 radical (unpaired) electrons. The molecular weight excluding hydrogens is 437 g/mol. The minimum atomic E-state index is -0.501. The second-order valence-corrected chi connectivity index (χ2v) is 8.25. The number of nitrogens with zero attached hydrogens (tertiary/aromatic N) is 5. The molecule has 1 aromatic carbocycles. The maximum atomic E-state index is 13.6. The van der Waals surface area contributed by atoms with Gasteiger partial charge in [0, 0.05) is 17.8 Å². The summed E-state index contributed by atoms with van der Waals surface area (Å²) in [6, 6.07) is 5.50. The van der Waals surface area contributed by atoms with E-state index in [2.05, 4.69) is 20.2 Å². The SMILES string of the molecule is C/C=C(/Cc1nnc(-c2c(O)nc(CCCC)n([C@@H](C)c3ccc(F)cc3)c2=O)o1)N=C(C)C. The van der Waals surface area contributed by atoms with E-state index in [4.69, 9.17) is 4.42 Å². The Kier molecular flexibility index (Phi) is 8.09. The van der Waals surface area contributed by atoms with Crippen LogP contribution >= 0.6 is 0 Å². The van der Waals surface area contributed by atoms with Crippen molar-refractivity contribution in [1.29, 1.82) is 0 Å². The lowest BCUT2D eigenvalue weighted by Crippen LogP contribution is -2.30. The maximum absolute atomic E-state index is 13.6. The molecule has 2 heterocycles. The highest BCUT2D eigenvalue weighted by Crippen LogP contribution is 2.27. The van der Waals surface area contributed by atoms with Crippen molar-refractivity contribution in [2.45, 2.75) is 66.3 Å². The third kappa shape index (κ3) is 5.65. The zero-order valence-corrected chi connectivity index (χ0v) is 20.2. The summed E-state index contributed by atoms with van der Waals surface area (Å²) in [6.45, 7) is 9.49. The van der Waals surface area contributed by atoms with Crippen molar-refractivity contribution in [2.75, 3.05) is 0 Å². The van der Waals surface area contributed by atoms with Crippen molar-refractivity contribution in [3.05, 3.63) is 69.5 Å². The summed E-state index contributed by atoms with van der Waals surface area (Å²) in [6.07, 6.45) is 4.31. The highest BCUT2D eigenvalue weighted by atomic mass is 19.1. The largest absolute Gasteiger partial charge is 0.493 e. The number of rotatable bonds is 9. The molecule has 1 N–H and O–H groups in total. The van der Waals surface area contributed by atoms with Crippen LogP contribution in [-0.2, 0) is 12.8 Å². The third-order valence-corrected chi connectivity index (χ3v) is 5.38. The lowest BCUT2D eigenvalue weighted by atomic mass is 10.1. The van der Waals surface area contributed by atoms with Crippen molar-refractivity contribution in [3.8, 4) is 17.3 Å². The molecular formula is C25H30FN5O3. The molecule has 1 atom stereocenters. The van der Waals surface area contributed by atoms with Crippen LogP contribution in [-0.4, -0.2) is 30.6 Å². The van der Waals surface area contributed by atoms with Crippen LogP contribution in [0.25, 0.3) is 11.5 Å². The quantitative estimate of drug-likeness (QED) is 0.443. The zero-order chi connectivity index (χ0) is 24.8. The van der Waals surface area contributed by atoms with E-state index in [9.17, 15) is 14.3 Å². The van der Waals surface area contributed by atoms with E-state index in [0.29, 0.717) is 12.2 Å². The first kappa shape index (κ1) is 25.0. The van der Waals surface area contributed by atoms with Gasteiger partial charge in [-0.3, -0.25) is 14.4 Å². The van der Waals surface area contributed by atoms with Gasteiger partial charge in [-0.05, 0) is 51.8 Å². The topological polar surface area (TPSA) is 106 Å². The molecule has 0 amide bonds. The van der Waals surface area contributed by atoms with Crippen LogP contribution in [0.2, 0.25) is 0 Å². The van der Waals surface area contributed by atoms with Crippen LogP contribution in [0.1, 0.15) is 70.8 Å². The third-order valence-electron chi connectivity index (χ3n) is 5.38. The van der Waals surface area contributed by atoms with E-state index < -0.39 is 17.5 Å². The fourth-order valence-corrected chi connectivity index (χ4v) is 3.63. The molecule has 0 saturated carbocycles. The van der Waals surface area contributed by atoms with Crippen molar-refractivity contribution >= 4 is 5.71 Å². The first-order valence-electron chi connectivity index (χ1n) is 11.3. The van der Waals surface area contributed by atoms with E-state index >= 15 is 0 Å². The number of allylic oxidation sites excluding steroid dienone is 2. The smallest absolute Gasteiger partial charge is 0.270 e. The van der Waals surface area contributed by atoms with E-state index in [1.165, 1.54) is 16.7 Å². The van der Waals surface area contributed by atoms with Gasteiger partial charge in [-0.1, -0.05) is 31.6 Å². The Hall–Kier alpha value is -3.62. The van der Waals surface area contributed by atoms with Gasteiger partial charge in [-0.15, -0.1) is 10.2 Å². The number of aromatic nitrogens is 4. The van der Waals surface area contributed by atoms with Gasteiger partial charge in [0.15, 0.2) is 5.56 Å². The molecule has 3 rings (SSSR count). The fourth-order valence-electron chi connectivity index (χ4n) is 3.63. The lowest BCUT2D eigenvalue weighted by Gasteiger charge is -2.20. The Bertz CT molecular complexity index is 1250. The molecule has 0 unspecified atom stereocenters. The van der Waals surface area contributed by atoms with Crippen molar-refractivity contribution in [1.82, 2.24) is 19.7 Å². The molecule has 180 valence electrons.